The second-order valence-electron chi connectivity index (χ2n) is 3.99. The number of benzene rings is 1. The van der Waals surface area contributed by atoms with Crippen molar-refractivity contribution in [3.63, 3.8) is 0 Å². The molecule has 0 radical (unpaired) electrons. The second kappa shape index (κ2) is 5.76. The molecule has 112 valence electrons. The predicted molar refractivity (Wildman–Crippen MR) is 67.9 cm³/mol. The van der Waals surface area contributed by atoms with Crippen LogP contribution in [0.5, 0.6) is 0 Å². The fourth-order valence-corrected chi connectivity index (χ4v) is 2.32. The number of rotatable bonds is 3. The van der Waals surface area contributed by atoms with E-state index in [1.165, 1.54) is 0 Å². The average Bonchev–Trinajstić information content (AvgIpc) is 2.99. The molecule has 3 aromatic rings. The highest BCUT2D eigenvalue weighted by Gasteiger charge is 2.23. The fourth-order valence-electron chi connectivity index (χ4n) is 1.59. The van der Waals surface area contributed by atoms with Gasteiger partial charge in [-0.05, 0) is 23.9 Å². The topological polar surface area (TPSA) is 51.8 Å². The number of hydrogen-bond donors (Lipinski definition) is 0. The van der Waals surface area contributed by atoms with Crippen molar-refractivity contribution in [2.24, 2.45) is 0 Å². The van der Waals surface area contributed by atoms with Gasteiger partial charge in [-0.2, -0.15) is 13.8 Å². The maximum Gasteiger partial charge on any atom is 0.281 e. The Labute approximate surface area is 125 Å². The Bertz CT molecular complexity index is 799. The third-order valence-electron chi connectivity index (χ3n) is 2.57. The monoisotopic (exact) mass is 327 g/mol. The summed E-state index contributed by atoms with van der Waals surface area (Å²) in [5.74, 6) is -6.63. The lowest BCUT2D eigenvalue weighted by atomic mass is 10.2. The molecule has 0 N–H and O–H groups in total. The molecular formula is C13H5F4N3OS. The Morgan fingerprint density at radius 3 is 2.14 bits per heavy atom. The van der Waals surface area contributed by atoms with Crippen molar-refractivity contribution in [2.45, 2.75) is 10.1 Å². The quantitative estimate of drug-likeness (QED) is 0.540. The summed E-state index contributed by atoms with van der Waals surface area (Å²) in [7, 11) is 0. The van der Waals surface area contributed by atoms with Gasteiger partial charge in [0.1, 0.15) is 0 Å². The Morgan fingerprint density at radius 2 is 1.50 bits per heavy atom. The Morgan fingerprint density at radius 1 is 0.864 bits per heavy atom. The summed E-state index contributed by atoms with van der Waals surface area (Å²) in [5.41, 5.74) is 0.592. The van der Waals surface area contributed by atoms with Crippen LogP contribution >= 0.6 is 11.8 Å². The van der Waals surface area contributed by atoms with Crippen molar-refractivity contribution in [3.8, 4) is 11.5 Å². The molecule has 0 fully saturated rings. The van der Waals surface area contributed by atoms with Gasteiger partial charge in [-0.25, -0.2) is 8.78 Å². The summed E-state index contributed by atoms with van der Waals surface area (Å²) in [6.45, 7) is 0. The van der Waals surface area contributed by atoms with Gasteiger partial charge >= 0.3 is 0 Å². The minimum atomic E-state index is -1.75. The molecule has 2 heterocycles. The van der Waals surface area contributed by atoms with Gasteiger partial charge in [-0.3, -0.25) is 0 Å². The van der Waals surface area contributed by atoms with Gasteiger partial charge in [0.25, 0.3) is 17.1 Å². The SMILES string of the molecule is Fc1nc(F)c(F)c(Sc2nnc(-c3ccccc3)o2)c1F. The average molecular weight is 327 g/mol. The van der Waals surface area contributed by atoms with Crippen LogP contribution in [0.15, 0.2) is 44.9 Å². The van der Waals surface area contributed by atoms with Crippen molar-refractivity contribution < 1.29 is 22.0 Å². The van der Waals surface area contributed by atoms with E-state index in [-0.39, 0.29) is 22.9 Å². The van der Waals surface area contributed by atoms with E-state index in [0.717, 1.165) is 0 Å². The molecule has 0 amide bonds. The number of halogens is 4. The highest BCUT2D eigenvalue weighted by atomic mass is 32.2. The molecule has 0 unspecified atom stereocenters. The standard InChI is InChI=1S/C13H5F4N3OS/c14-7-9(8(15)11(17)18-10(7)16)22-13-20-19-12(21-13)6-4-2-1-3-5-6/h1-5H. The number of hydrogen-bond acceptors (Lipinski definition) is 5. The first-order chi connectivity index (χ1) is 10.6. The summed E-state index contributed by atoms with van der Waals surface area (Å²) in [5, 5.41) is 7.02. The molecule has 3 rings (SSSR count). The first kappa shape index (κ1) is 14.5. The molecular weight excluding hydrogens is 322 g/mol. The van der Waals surface area contributed by atoms with E-state index in [1.807, 2.05) is 0 Å². The van der Waals surface area contributed by atoms with E-state index in [9.17, 15) is 17.6 Å². The van der Waals surface area contributed by atoms with Crippen molar-refractivity contribution in [2.75, 3.05) is 0 Å². The third kappa shape index (κ3) is 2.67. The lowest BCUT2D eigenvalue weighted by molar-refractivity contribution is 0.382. The summed E-state index contributed by atoms with van der Waals surface area (Å²) in [6, 6.07) is 8.63. The zero-order valence-corrected chi connectivity index (χ0v) is 11.4. The molecule has 0 saturated carbocycles. The van der Waals surface area contributed by atoms with Gasteiger partial charge in [0.05, 0.1) is 4.90 Å². The summed E-state index contributed by atoms with van der Waals surface area (Å²) >= 11 is 0.274. The third-order valence-corrected chi connectivity index (χ3v) is 3.48. The van der Waals surface area contributed by atoms with E-state index in [0.29, 0.717) is 5.56 Å². The Kier molecular flexibility index (Phi) is 3.80. The normalized spacial score (nSPS) is 10.9. The molecule has 0 aliphatic heterocycles. The van der Waals surface area contributed by atoms with Crippen molar-refractivity contribution in [3.05, 3.63) is 53.9 Å². The van der Waals surface area contributed by atoms with Crippen LogP contribution in [0.4, 0.5) is 17.6 Å². The first-order valence-electron chi connectivity index (χ1n) is 5.83. The molecule has 9 heteroatoms. The van der Waals surface area contributed by atoms with Gasteiger partial charge < -0.3 is 4.42 Å². The molecule has 22 heavy (non-hydrogen) atoms. The van der Waals surface area contributed by atoms with Crippen LogP contribution in [-0.2, 0) is 0 Å². The minimum Gasteiger partial charge on any atom is -0.411 e. The minimum absolute atomic E-state index is 0.110. The number of pyridine rings is 1. The first-order valence-corrected chi connectivity index (χ1v) is 6.64. The number of nitrogens with zero attached hydrogens (tertiary/aromatic N) is 3. The summed E-state index contributed by atoms with van der Waals surface area (Å²) in [6.07, 6.45) is 0. The molecule has 0 saturated heterocycles. The van der Waals surface area contributed by atoms with Gasteiger partial charge in [-0.15, -0.1) is 10.2 Å². The van der Waals surface area contributed by atoms with Crippen LogP contribution in [0.2, 0.25) is 0 Å². The van der Waals surface area contributed by atoms with Crippen LogP contribution < -0.4 is 0 Å². The van der Waals surface area contributed by atoms with Crippen LogP contribution in [-0.4, -0.2) is 15.2 Å². The van der Waals surface area contributed by atoms with E-state index >= 15 is 0 Å². The van der Waals surface area contributed by atoms with Gasteiger partial charge in [-0.1, -0.05) is 18.2 Å². The Balaban J connectivity index is 1.94. The fraction of sp³-hybridized carbons (Fsp3) is 0. The van der Waals surface area contributed by atoms with Crippen LogP contribution in [0.1, 0.15) is 0 Å². The van der Waals surface area contributed by atoms with Crippen molar-refractivity contribution in [1.82, 2.24) is 15.2 Å². The lowest BCUT2D eigenvalue weighted by Gasteiger charge is -2.02. The van der Waals surface area contributed by atoms with E-state index < -0.39 is 28.4 Å². The van der Waals surface area contributed by atoms with E-state index in [2.05, 4.69) is 15.2 Å². The van der Waals surface area contributed by atoms with Crippen molar-refractivity contribution in [1.29, 1.82) is 0 Å². The number of aromatic nitrogens is 3. The highest BCUT2D eigenvalue weighted by Crippen LogP contribution is 2.33. The maximum atomic E-state index is 13.5. The van der Waals surface area contributed by atoms with Crippen LogP contribution in [0.3, 0.4) is 0 Å². The van der Waals surface area contributed by atoms with Gasteiger partial charge in [0, 0.05) is 5.56 Å². The summed E-state index contributed by atoms with van der Waals surface area (Å²) < 4.78 is 58.3. The molecule has 2 aromatic heterocycles. The maximum absolute atomic E-state index is 13.5. The van der Waals surface area contributed by atoms with E-state index in [4.69, 9.17) is 4.42 Å². The molecule has 0 spiro atoms. The lowest BCUT2D eigenvalue weighted by Crippen LogP contribution is -2.01. The zero-order chi connectivity index (χ0) is 15.7. The largest absolute Gasteiger partial charge is 0.411 e. The predicted octanol–water partition coefficient (Wildman–Crippen LogP) is 3.84. The molecule has 0 aliphatic rings. The zero-order valence-electron chi connectivity index (χ0n) is 10.6. The molecule has 1 aromatic carbocycles. The molecule has 0 bridgehead atoms. The van der Waals surface area contributed by atoms with Crippen LogP contribution in [0.25, 0.3) is 11.5 Å². The smallest absolute Gasteiger partial charge is 0.281 e. The molecule has 0 atom stereocenters. The van der Waals surface area contributed by atoms with Gasteiger partial charge in [0.2, 0.25) is 5.89 Å². The molecule has 4 nitrogen and oxygen atoms in total. The van der Waals surface area contributed by atoms with Gasteiger partial charge in [0.15, 0.2) is 11.6 Å². The van der Waals surface area contributed by atoms with Crippen LogP contribution in [0, 0.1) is 23.5 Å². The highest BCUT2D eigenvalue weighted by molar-refractivity contribution is 7.99. The molecule has 0 aliphatic carbocycles. The van der Waals surface area contributed by atoms with Crippen molar-refractivity contribution >= 4 is 11.8 Å². The Hall–Kier alpha value is -2.42. The second-order valence-corrected chi connectivity index (χ2v) is 4.95. The summed E-state index contributed by atoms with van der Waals surface area (Å²) in [4.78, 5) is 1.53. The van der Waals surface area contributed by atoms with E-state index in [1.54, 1.807) is 30.3 Å².